The predicted octanol–water partition coefficient (Wildman–Crippen LogP) is 3.90. The third kappa shape index (κ3) is 3.05. The highest BCUT2D eigenvalue weighted by Gasteiger charge is 2.34. The number of rotatable bonds is 7. The molecule has 1 aromatic rings. The Morgan fingerprint density at radius 3 is 2.53 bits per heavy atom. The molecule has 0 bridgehead atoms. The second-order valence-corrected chi connectivity index (χ2v) is 6.48. The minimum Gasteiger partial charge on any atom is -0.311 e. The quantitative estimate of drug-likeness (QED) is 0.823. The molecule has 1 saturated carbocycles. The van der Waals surface area contributed by atoms with Crippen LogP contribution in [0.1, 0.15) is 57.8 Å². The largest absolute Gasteiger partial charge is 0.311 e. The molecule has 0 saturated heterocycles. The summed E-state index contributed by atoms with van der Waals surface area (Å²) >= 11 is 3.71. The Morgan fingerprint density at radius 2 is 2.05 bits per heavy atom. The van der Waals surface area contributed by atoms with Gasteiger partial charge in [0.1, 0.15) is 0 Å². The van der Waals surface area contributed by atoms with Crippen LogP contribution in [0.5, 0.6) is 0 Å². The van der Waals surface area contributed by atoms with Gasteiger partial charge in [0.2, 0.25) is 0 Å². The molecule has 0 amide bonds. The lowest BCUT2D eigenvalue weighted by molar-refractivity contribution is 0.123. The smallest absolute Gasteiger partial charge is 0.0767 e. The van der Waals surface area contributed by atoms with Crippen molar-refractivity contribution in [1.82, 2.24) is 15.1 Å². The Balaban J connectivity index is 1.97. The predicted molar refractivity (Wildman–Crippen MR) is 83.3 cm³/mol. The van der Waals surface area contributed by atoms with Crippen LogP contribution in [0.15, 0.2) is 4.47 Å². The fraction of sp³-hybridized carbons (Fsp3) is 0.800. The van der Waals surface area contributed by atoms with Crippen LogP contribution in [-0.4, -0.2) is 16.3 Å². The fourth-order valence-corrected chi connectivity index (χ4v) is 3.67. The van der Waals surface area contributed by atoms with Gasteiger partial charge in [-0.05, 0) is 54.0 Å². The zero-order chi connectivity index (χ0) is 13.9. The molecule has 1 N–H and O–H groups in total. The summed E-state index contributed by atoms with van der Waals surface area (Å²) in [5.41, 5.74) is 3.05. The van der Waals surface area contributed by atoms with Gasteiger partial charge in [0.25, 0.3) is 0 Å². The van der Waals surface area contributed by atoms with Crippen LogP contribution in [0.4, 0.5) is 0 Å². The molecule has 1 fully saturated rings. The zero-order valence-corrected chi connectivity index (χ0v) is 14.0. The van der Waals surface area contributed by atoms with Crippen molar-refractivity contribution in [3.8, 4) is 0 Å². The van der Waals surface area contributed by atoms with E-state index >= 15 is 0 Å². The first-order chi connectivity index (χ1) is 9.15. The van der Waals surface area contributed by atoms with E-state index in [1.165, 1.54) is 41.5 Å². The van der Waals surface area contributed by atoms with Crippen molar-refractivity contribution in [1.29, 1.82) is 0 Å². The Labute approximate surface area is 125 Å². The molecule has 3 nitrogen and oxygen atoms in total. The van der Waals surface area contributed by atoms with E-state index in [2.05, 4.69) is 51.8 Å². The van der Waals surface area contributed by atoms with Crippen LogP contribution in [0.2, 0.25) is 0 Å². The Hall–Kier alpha value is -0.350. The van der Waals surface area contributed by atoms with Crippen molar-refractivity contribution < 1.29 is 0 Å². The fourth-order valence-electron chi connectivity index (χ4n) is 2.96. The highest BCUT2D eigenvalue weighted by molar-refractivity contribution is 9.10. The molecule has 1 aliphatic carbocycles. The van der Waals surface area contributed by atoms with E-state index in [9.17, 15) is 0 Å². The molecule has 1 aliphatic rings. The number of nitrogens with zero attached hydrogens (tertiary/aromatic N) is 2. The van der Waals surface area contributed by atoms with Crippen LogP contribution < -0.4 is 5.32 Å². The van der Waals surface area contributed by atoms with Crippen LogP contribution in [0, 0.1) is 5.41 Å². The molecule has 0 unspecified atom stereocenters. The third-order valence-corrected chi connectivity index (χ3v) is 5.57. The first-order valence-corrected chi connectivity index (χ1v) is 8.40. The molecule has 19 heavy (non-hydrogen) atoms. The normalized spacial score (nSPS) is 17.5. The molecule has 2 rings (SSSR count). The standard InChI is InChI=1S/C15H26BrN3/c1-4-12-14(16)13(19(6-3)18-12)10-17-11-15(5-2)8-7-9-15/h17H,4-11H2,1-3H3. The SMILES string of the molecule is CCc1nn(CC)c(CNCC2(CC)CCC2)c1Br. The zero-order valence-electron chi connectivity index (χ0n) is 12.4. The second kappa shape index (κ2) is 6.40. The molecule has 0 spiro atoms. The molecule has 1 heterocycles. The van der Waals surface area contributed by atoms with Gasteiger partial charge in [0.05, 0.1) is 15.9 Å². The average Bonchev–Trinajstić information content (AvgIpc) is 2.69. The molecule has 1 aromatic heterocycles. The summed E-state index contributed by atoms with van der Waals surface area (Å²) in [7, 11) is 0. The van der Waals surface area contributed by atoms with Crippen molar-refractivity contribution in [2.24, 2.45) is 5.41 Å². The van der Waals surface area contributed by atoms with E-state index in [0.717, 1.165) is 26.1 Å². The molecule has 0 aliphatic heterocycles. The summed E-state index contributed by atoms with van der Waals surface area (Å²) in [6.07, 6.45) is 6.48. The Kier molecular flexibility index (Phi) is 5.07. The summed E-state index contributed by atoms with van der Waals surface area (Å²) in [6, 6.07) is 0. The molecule has 0 radical (unpaired) electrons. The van der Waals surface area contributed by atoms with Gasteiger partial charge in [-0.3, -0.25) is 4.68 Å². The van der Waals surface area contributed by atoms with E-state index in [4.69, 9.17) is 0 Å². The molecule has 108 valence electrons. The maximum atomic E-state index is 4.65. The van der Waals surface area contributed by atoms with Gasteiger partial charge in [-0.15, -0.1) is 0 Å². The van der Waals surface area contributed by atoms with E-state index in [-0.39, 0.29) is 0 Å². The number of aryl methyl sites for hydroxylation is 2. The van der Waals surface area contributed by atoms with E-state index in [1.54, 1.807) is 0 Å². The summed E-state index contributed by atoms with van der Waals surface area (Å²) in [4.78, 5) is 0. The van der Waals surface area contributed by atoms with Crippen molar-refractivity contribution in [3.05, 3.63) is 15.9 Å². The maximum Gasteiger partial charge on any atom is 0.0767 e. The molecular formula is C15H26BrN3. The second-order valence-electron chi connectivity index (χ2n) is 5.69. The number of nitrogens with one attached hydrogen (secondary N) is 1. The topological polar surface area (TPSA) is 29.9 Å². The highest BCUT2D eigenvalue weighted by Crippen LogP contribution is 2.43. The van der Waals surface area contributed by atoms with E-state index < -0.39 is 0 Å². The van der Waals surface area contributed by atoms with Gasteiger partial charge in [0.15, 0.2) is 0 Å². The lowest BCUT2D eigenvalue weighted by atomic mass is 9.67. The lowest BCUT2D eigenvalue weighted by Gasteiger charge is -2.41. The van der Waals surface area contributed by atoms with Gasteiger partial charge in [-0.25, -0.2) is 0 Å². The van der Waals surface area contributed by atoms with Crippen LogP contribution in [0.25, 0.3) is 0 Å². The minimum absolute atomic E-state index is 0.580. The first-order valence-electron chi connectivity index (χ1n) is 7.60. The molecule has 4 heteroatoms. The minimum atomic E-state index is 0.580. The van der Waals surface area contributed by atoms with Crippen molar-refractivity contribution in [3.63, 3.8) is 0 Å². The average molecular weight is 328 g/mol. The summed E-state index contributed by atoms with van der Waals surface area (Å²) in [5.74, 6) is 0. The van der Waals surface area contributed by atoms with Crippen molar-refractivity contribution in [2.45, 2.75) is 66.0 Å². The van der Waals surface area contributed by atoms with Crippen molar-refractivity contribution >= 4 is 15.9 Å². The highest BCUT2D eigenvalue weighted by atomic mass is 79.9. The molecule has 0 aromatic carbocycles. The Bertz CT molecular complexity index is 416. The monoisotopic (exact) mass is 327 g/mol. The van der Waals surface area contributed by atoms with Crippen molar-refractivity contribution in [2.75, 3.05) is 6.54 Å². The summed E-state index contributed by atoms with van der Waals surface area (Å²) in [6.45, 7) is 9.64. The summed E-state index contributed by atoms with van der Waals surface area (Å²) in [5, 5.41) is 8.30. The number of hydrogen-bond acceptors (Lipinski definition) is 2. The van der Waals surface area contributed by atoms with E-state index in [1.807, 2.05) is 0 Å². The van der Waals surface area contributed by atoms with Gasteiger partial charge in [-0.1, -0.05) is 20.3 Å². The first kappa shape index (κ1) is 15.0. The van der Waals surface area contributed by atoms with Gasteiger partial charge in [0, 0.05) is 19.6 Å². The number of halogens is 1. The lowest BCUT2D eigenvalue weighted by Crippen LogP contribution is -2.39. The van der Waals surface area contributed by atoms with Gasteiger partial charge < -0.3 is 5.32 Å². The van der Waals surface area contributed by atoms with E-state index in [0.29, 0.717) is 5.41 Å². The van der Waals surface area contributed by atoms with Gasteiger partial charge in [-0.2, -0.15) is 5.10 Å². The summed E-state index contributed by atoms with van der Waals surface area (Å²) < 4.78 is 3.32. The van der Waals surface area contributed by atoms with Crippen LogP contribution in [-0.2, 0) is 19.5 Å². The molecular weight excluding hydrogens is 302 g/mol. The number of aromatic nitrogens is 2. The molecule has 0 atom stereocenters. The maximum absolute atomic E-state index is 4.65. The van der Waals surface area contributed by atoms with Crippen LogP contribution >= 0.6 is 15.9 Å². The van der Waals surface area contributed by atoms with Gasteiger partial charge >= 0.3 is 0 Å². The third-order valence-electron chi connectivity index (χ3n) is 4.65. The van der Waals surface area contributed by atoms with Crippen LogP contribution in [0.3, 0.4) is 0 Å². The number of hydrogen-bond donors (Lipinski definition) is 1. The Morgan fingerprint density at radius 1 is 1.32 bits per heavy atom.